The summed E-state index contributed by atoms with van der Waals surface area (Å²) in [5.41, 5.74) is 4.90. The Kier molecular flexibility index (Phi) is 38.7. The van der Waals surface area contributed by atoms with Gasteiger partial charge < -0.3 is 0 Å². The molecule has 0 aliphatic rings. The average Bonchev–Trinajstić information content (AvgIpc) is 4.14. The van der Waals surface area contributed by atoms with E-state index in [0.717, 1.165) is 105 Å². The van der Waals surface area contributed by atoms with Gasteiger partial charge in [-0.15, -0.1) is 20.4 Å². The second kappa shape index (κ2) is 41.9. The van der Waals surface area contributed by atoms with Crippen molar-refractivity contribution in [2.24, 2.45) is 47.3 Å². The molecule has 0 spiro atoms. The molecule has 0 aromatic carbocycles. The molecule has 0 atom stereocenters. The Morgan fingerprint density at radius 1 is 0.319 bits per heavy atom. The molecular formula is C60H116N12. The monoisotopic (exact) mass is 1000 g/mol. The highest BCUT2D eigenvalue weighted by Crippen LogP contribution is 2.15. The first-order chi connectivity index (χ1) is 34.3. The highest BCUT2D eigenvalue weighted by molar-refractivity contribution is 4.95. The highest BCUT2D eigenvalue weighted by Gasteiger charge is 2.08. The lowest BCUT2D eigenvalue weighted by atomic mass is 10.0. The van der Waals surface area contributed by atoms with Crippen molar-refractivity contribution in [3.05, 3.63) is 47.6 Å². The maximum atomic E-state index is 4.22. The van der Waals surface area contributed by atoms with Crippen molar-refractivity contribution in [1.82, 2.24) is 60.0 Å². The van der Waals surface area contributed by atoms with Crippen LogP contribution in [0.4, 0.5) is 0 Å². The second-order valence-corrected chi connectivity index (χ2v) is 24.6. The minimum Gasteiger partial charge on any atom is -0.252 e. The van der Waals surface area contributed by atoms with Gasteiger partial charge in [0.25, 0.3) is 0 Å². The smallest absolute Gasteiger partial charge is 0.0829 e. The van der Waals surface area contributed by atoms with Gasteiger partial charge in [-0.2, -0.15) is 0 Å². The summed E-state index contributed by atoms with van der Waals surface area (Å²) in [5, 5.41) is 33.3. The molecule has 0 aliphatic heterocycles. The molecule has 4 heterocycles. The molecule has 0 radical (unpaired) electrons. The third-order valence-corrected chi connectivity index (χ3v) is 13.0. The Labute approximate surface area is 444 Å². The van der Waals surface area contributed by atoms with E-state index < -0.39 is 0 Å². The Bertz CT molecular complexity index is 1620. The normalized spacial score (nSPS) is 11.7. The Hall–Kier alpha value is -3.44. The number of aryl methyl sites for hydroxylation is 7. The quantitative estimate of drug-likeness (QED) is 0.0413. The molecule has 4 aromatic rings. The van der Waals surface area contributed by atoms with Gasteiger partial charge in [-0.3, -0.25) is 9.36 Å². The van der Waals surface area contributed by atoms with Crippen molar-refractivity contribution < 1.29 is 0 Å². The zero-order chi connectivity index (χ0) is 53.5. The van der Waals surface area contributed by atoms with Crippen molar-refractivity contribution in [3.63, 3.8) is 0 Å². The van der Waals surface area contributed by atoms with Crippen LogP contribution in [0.15, 0.2) is 24.8 Å². The van der Waals surface area contributed by atoms with Crippen LogP contribution in [-0.4, -0.2) is 60.0 Å². The van der Waals surface area contributed by atoms with E-state index in [0.29, 0.717) is 5.92 Å². The topological polar surface area (TPSA) is 123 Å². The van der Waals surface area contributed by atoms with Gasteiger partial charge in [0.2, 0.25) is 0 Å². The van der Waals surface area contributed by atoms with Crippen molar-refractivity contribution >= 4 is 0 Å². The fraction of sp³-hybridized carbons (Fsp3) is 0.867. The van der Waals surface area contributed by atoms with Gasteiger partial charge in [0, 0.05) is 38.6 Å². The molecule has 0 saturated carbocycles. The van der Waals surface area contributed by atoms with Crippen LogP contribution in [0.2, 0.25) is 0 Å². The molecule has 72 heavy (non-hydrogen) atoms. The van der Waals surface area contributed by atoms with Gasteiger partial charge >= 0.3 is 0 Å². The van der Waals surface area contributed by atoms with Crippen LogP contribution < -0.4 is 0 Å². The molecule has 0 saturated heterocycles. The van der Waals surface area contributed by atoms with E-state index in [2.05, 4.69) is 174 Å². The van der Waals surface area contributed by atoms with E-state index in [4.69, 9.17) is 0 Å². The van der Waals surface area contributed by atoms with Crippen LogP contribution in [0, 0.1) is 47.3 Å². The van der Waals surface area contributed by atoms with Crippen LogP contribution in [-0.2, 0) is 51.9 Å². The van der Waals surface area contributed by atoms with Crippen LogP contribution in [0.1, 0.15) is 262 Å². The van der Waals surface area contributed by atoms with Crippen molar-refractivity contribution in [1.29, 1.82) is 0 Å². The van der Waals surface area contributed by atoms with Crippen molar-refractivity contribution in [2.45, 2.75) is 291 Å². The third-order valence-electron chi connectivity index (χ3n) is 13.0. The minimum absolute atomic E-state index is 0.659. The summed E-state index contributed by atoms with van der Waals surface area (Å²) in [5.74, 6) is 6.32. The summed E-state index contributed by atoms with van der Waals surface area (Å²) in [6.07, 6.45) is 38.1. The highest BCUT2D eigenvalue weighted by atomic mass is 15.4. The Morgan fingerprint density at radius 2 is 0.667 bits per heavy atom. The van der Waals surface area contributed by atoms with Gasteiger partial charge in [0.1, 0.15) is 0 Å². The van der Waals surface area contributed by atoms with E-state index in [1.165, 1.54) is 140 Å². The number of hydrogen-bond acceptors (Lipinski definition) is 8. The van der Waals surface area contributed by atoms with E-state index in [1.807, 2.05) is 21.8 Å². The third kappa shape index (κ3) is 38.2. The van der Waals surface area contributed by atoms with Gasteiger partial charge in [0.05, 0.1) is 35.2 Å². The maximum absolute atomic E-state index is 4.22. The SMILES string of the molecule is CC(C)CCCCCn1cc(CC(C)C)nn1.CC(C)CCCCc1cnnn1CCCCC(C)C.CC(C)CCCCc1cnnn1CCCCC(C)C.CC(C)CCCc1cn(CCCC(C)C)nn1. The number of aromatic nitrogens is 12. The fourth-order valence-corrected chi connectivity index (χ4v) is 8.55. The predicted octanol–water partition coefficient (Wildman–Crippen LogP) is 16.3. The summed E-state index contributed by atoms with van der Waals surface area (Å²) in [6.45, 7) is 40.5. The molecule has 0 unspecified atom stereocenters. The summed E-state index contributed by atoms with van der Waals surface area (Å²) < 4.78 is 8.20. The molecular weight excluding hydrogens is 889 g/mol. The van der Waals surface area contributed by atoms with Crippen molar-refractivity contribution in [3.8, 4) is 0 Å². The zero-order valence-electron chi connectivity index (χ0n) is 50.1. The Morgan fingerprint density at radius 3 is 1.10 bits per heavy atom. The predicted molar refractivity (Wildman–Crippen MR) is 306 cm³/mol. The number of hydrogen-bond donors (Lipinski definition) is 0. The van der Waals surface area contributed by atoms with Crippen LogP contribution in [0.5, 0.6) is 0 Å². The lowest BCUT2D eigenvalue weighted by Crippen LogP contribution is -2.06. The van der Waals surface area contributed by atoms with Crippen LogP contribution >= 0.6 is 0 Å². The molecule has 12 nitrogen and oxygen atoms in total. The lowest BCUT2D eigenvalue weighted by molar-refractivity contribution is 0.471. The van der Waals surface area contributed by atoms with Gasteiger partial charge in [-0.05, 0) is 124 Å². The summed E-state index contributed by atoms with van der Waals surface area (Å²) >= 11 is 0. The number of rotatable bonds is 36. The zero-order valence-corrected chi connectivity index (χ0v) is 50.1. The van der Waals surface area contributed by atoms with E-state index in [9.17, 15) is 0 Å². The molecule has 12 heteroatoms. The maximum Gasteiger partial charge on any atom is 0.0829 e. The summed E-state index contributed by atoms with van der Waals surface area (Å²) in [6, 6.07) is 0. The second-order valence-electron chi connectivity index (χ2n) is 24.6. The molecule has 0 bridgehead atoms. The van der Waals surface area contributed by atoms with Gasteiger partial charge in [-0.25, -0.2) is 9.36 Å². The molecule has 0 N–H and O–H groups in total. The van der Waals surface area contributed by atoms with E-state index >= 15 is 0 Å². The van der Waals surface area contributed by atoms with Crippen molar-refractivity contribution in [2.75, 3.05) is 0 Å². The molecule has 0 fully saturated rings. The average molecular weight is 1010 g/mol. The molecule has 0 amide bonds. The first-order valence-corrected chi connectivity index (χ1v) is 29.9. The Balaban J connectivity index is 0.000000481. The molecule has 4 aromatic heterocycles. The van der Waals surface area contributed by atoms with Crippen LogP contribution in [0.25, 0.3) is 0 Å². The fourth-order valence-electron chi connectivity index (χ4n) is 8.55. The first-order valence-electron chi connectivity index (χ1n) is 29.9. The molecule has 416 valence electrons. The molecule has 0 aliphatic carbocycles. The van der Waals surface area contributed by atoms with Gasteiger partial charge in [0.15, 0.2) is 0 Å². The minimum atomic E-state index is 0.659. The largest absolute Gasteiger partial charge is 0.252 e. The standard InChI is InChI=1S/2C16H31N3.2C14H27N3/c2*1-14(2)9-5-6-11-16-13-17-18-19(16)12-8-7-10-15(3)4;1-12(2)7-5-9-14-11-17(16-15-14)10-6-8-13(3)4;1-12(2)8-6-5-7-9-17-11-14(15-16-17)10-13(3)4/h2*13-15H,5-12H2,1-4H3;2*11-13H,5-10H2,1-4H3. The van der Waals surface area contributed by atoms with Gasteiger partial charge in [-0.1, -0.05) is 209 Å². The van der Waals surface area contributed by atoms with Crippen LogP contribution in [0.3, 0.4) is 0 Å². The number of nitrogens with zero attached hydrogens (tertiary/aromatic N) is 12. The summed E-state index contributed by atoms with van der Waals surface area (Å²) in [4.78, 5) is 0. The first kappa shape index (κ1) is 66.6. The lowest BCUT2D eigenvalue weighted by Gasteiger charge is -2.08. The molecule has 4 rings (SSSR count). The van der Waals surface area contributed by atoms with E-state index in [1.54, 1.807) is 0 Å². The number of unbranched alkanes of at least 4 members (excludes halogenated alkanes) is 6. The summed E-state index contributed by atoms with van der Waals surface area (Å²) in [7, 11) is 0. The van der Waals surface area contributed by atoms with E-state index in [-0.39, 0.29) is 0 Å².